The minimum Gasteiger partial charge on any atom is -0.353 e. The molecule has 0 radical (unpaired) electrons. The molecular weight excluding hydrogens is 267 g/mol. The fourth-order valence-corrected chi connectivity index (χ4v) is 2.54. The Balaban J connectivity index is 1.63. The van der Waals surface area contributed by atoms with E-state index in [-0.39, 0.29) is 11.7 Å². The second-order valence-corrected chi connectivity index (χ2v) is 5.44. The van der Waals surface area contributed by atoms with Gasteiger partial charge in [-0.3, -0.25) is 4.79 Å². The monoisotopic (exact) mass is 290 g/mol. The van der Waals surface area contributed by atoms with E-state index in [2.05, 4.69) is 10.2 Å². The number of carbonyl (C=O) groups is 1. The van der Waals surface area contributed by atoms with Crippen LogP contribution in [-0.2, 0) is 4.79 Å². The average molecular weight is 290 g/mol. The van der Waals surface area contributed by atoms with Crippen molar-refractivity contribution in [3.05, 3.63) is 41.7 Å². The summed E-state index contributed by atoms with van der Waals surface area (Å²) in [7, 11) is 0. The molecule has 1 aliphatic rings. The maximum atomic E-state index is 13.0. The lowest BCUT2D eigenvalue weighted by Gasteiger charge is -2.26. The molecule has 0 bridgehead atoms. The van der Waals surface area contributed by atoms with Crippen molar-refractivity contribution in [2.75, 3.05) is 26.2 Å². The Morgan fingerprint density at radius 3 is 2.86 bits per heavy atom. The summed E-state index contributed by atoms with van der Waals surface area (Å²) in [4.78, 5) is 14.1. The predicted molar refractivity (Wildman–Crippen MR) is 83.4 cm³/mol. The van der Waals surface area contributed by atoms with Crippen LogP contribution in [0.25, 0.3) is 6.08 Å². The molecule has 0 aliphatic carbocycles. The van der Waals surface area contributed by atoms with Crippen LogP contribution in [0.4, 0.5) is 4.39 Å². The van der Waals surface area contributed by atoms with Gasteiger partial charge in [0, 0.05) is 12.6 Å². The third-order valence-electron chi connectivity index (χ3n) is 3.67. The minimum atomic E-state index is -0.293. The highest BCUT2D eigenvalue weighted by atomic mass is 19.1. The van der Waals surface area contributed by atoms with Crippen molar-refractivity contribution < 1.29 is 9.18 Å². The number of hydrogen-bond donors (Lipinski definition) is 1. The molecule has 0 unspecified atom stereocenters. The van der Waals surface area contributed by atoms with Crippen molar-refractivity contribution in [3.63, 3.8) is 0 Å². The summed E-state index contributed by atoms with van der Waals surface area (Å²) in [6, 6.07) is 6.19. The molecule has 114 valence electrons. The van der Waals surface area contributed by atoms with Crippen molar-refractivity contribution in [3.8, 4) is 0 Å². The van der Waals surface area contributed by atoms with Crippen LogP contribution in [0, 0.1) is 5.82 Å². The van der Waals surface area contributed by atoms with Crippen molar-refractivity contribution >= 4 is 12.0 Å². The minimum absolute atomic E-state index is 0.127. The summed E-state index contributed by atoms with van der Waals surface area (Å²) in [5.41, 5.74) is 0.693. The highest BCUT2D eigenvalue weighted by Gasteiger charge is 2.08. The largest absolute Gasteiger partial charge is 0.353 e. The molecule has 21 heavy (non-hydrogen) atoms. The van der Waals surface area contributed by atoms with Crippen LogP contribution in [0.15, 0.2) is 30.3 Å². The highest BCUT2D eigenvalue weighted by Crippen LogP contribution is 2.08. The van der Waals surface area contributed by atoms with Gasteiger partial charge in [0.2, 0.25) is 5.91 Å². The second-order valence-electron chi connectivity index (χ2n) is 5.44. The van der Waals surface area contributed by atoms with Crippen LogP contribution < -0.4 is 5.32 Å². The molecule has 1 amide bonds. The predicted octanol–water partition coefficient (Wildman–Crippen LogP) is 2.83. The van der Waals surface area contributed by atoms with Gasteiger partial charge in [-0.2, -0.15) is 0 Å². The van der Waals surface area contributed by atoms with E-state index in [4.69, 9.17) is 0 Å². The number of amides is 1. The normalized spacial score (nSPS) is 16.2. The number of benzene rings is 1. The second kappa shape index (κ2) is 8.57. The summed E-state index contributed by atoms with van der Waals surface area (Å²) in [5, 5.41) is 2.86. The maximum absolute atomic E-state index is 13.0. The van der Waals surface area contributed by atoms with E-state index in [9.17, 15) is 9.18 Å². The molecule has 2 rings (SSSR count). The SMILES string of the molecule is O=C(/C=C/c1cccc(F)c1)NCCCN1CCCCC1. The lowest BCUT2D eigenvalue weighted by Crippen LogP contribution is -2.33. The maximum Gasteiger partial charge on any atom is 0.243 e. The fraction of sp³-hybridized carbons (Fsp3) is 0.471. The number of rotatable bonds is 6. The third-order valence-corrected chi connectivity index (χ3v) is 3.67. The summed E-state index contributed by atoms with van der Waals surface area (Å²) in [6.07, 6.45) is 7.99. The Morgan fingerprint density at radius 2 is 2.10 bits per heavy atom. The molecule has 1 aromatic rings. The number of carbonyl (C=O) groups excluding carboxylic acids is 1. The molecule has 4 heteroatoms. The van der Waals surface area contributed by atoms with E-state index in [1.54, 1.807) is 18.2 Å². The Kier molecular flexibility index (Phi) is 6.41. The molecule has 0 spiro atoms. The zero-order valence-corrected chi connectivity index (χ0v) is 12.4. The van der Waals surface area contributed by atoms with Gasteiger partial charge in [0.05, 0.1) is 0 Å². The van der Waals surface area contributed by atoms with E-state index in [1.165, 1.54) is 50.6 Å². The molecule has 1 fully saturated rings. The van der Waals surface area contributed by atoms with Crippen LogP contribution in [0.5, 0.6) is 0 Å². The van der Waals surface area contributed by atoms with Gasteiger partial charge in [-0.15, -0.1) is 0 Å². The lowest BCUT2D eigenvalue weighted by molar-refractivity contribution is -0.116. The summed E-state index contributed by atoms with van der Waals surface area (Å²) >= 11 is 0. The van der Waals surface area contributed by atoms with Crippen LogP contribution in [-0.4, -0.2) is 37.0 Å². The van der Waals surface area contributed by atoms with Gasteiger partial charge in [-0.25, -0.2) is 4.39 Å². The fourth-order valence-electron chi connectivity index (χ4n) is 2.54. The number of likely N-dealkylation sites (tertiary alicyclic amines) is 1. The Morgan fingerprint density at radius 1 is 1.29 bits per heavy atom. The number of halogens is 1. The molecule has 0 saturated carbocycles. The molecule has 1 N–H and O–H groups in total. The van der Waals surface area contributed by atoms with Crippen LogP contribution >= 0.6 is 0 Å². The number of nitrogens with one attached hydrogen (secondary N) is 1. The molecule has 1 aliphatic heterocycles. The number of piperidine rings is 1. The number of nitrogens with zero attached hydrogens (tertiary/aromatic N) is 1. The van der Waals surface area contributed by atoms with Crippen molar-refractivity contribution in [1.29, 1.82) is 0 Å². The smallest absolute Gasteiger partial charge is 0.243 e. The topological polar surface area (TPSA) is 32.3 Å². The Hall–Kier alpha value is -1.68. The Labute approximate surface area is 125 Å². The molecule has 1 saturated heterocycles. The molecular formula is C17H23FN2O. The summed E-state index contributed by atoms with van der Waals surface area (Å²) < 4.78 is 13.0. The summed E-state index contributed by atoms with van der Waals surface area (Å²) in [5.74, 6) is -0.419. The first-order chi connectivity index (χ1) is 10.2. The van der Waals surface area contributed by atoms with Crippen molar-refractivity contribution in [1.82, 2.24) is 10.2 Å². The molecule has 0 aromatic heterocycles. The zero-order valence-electron chi connectivity index (χ0n) is 12.4. The van der Waals surface area contributed by atoms with E-state index < -0.39 is 0 Å². The highest BCUT2D eigenvalue weighted by molar-refractivity contribution is 5.91. The van der Waals surface area contributed by atoms with Crippen LogP contribution in [0.2, 0.25) is 0 Å². The van der Waals surface area contributed by atoms with Crippen LogP contribution in [0.1, 0.15) is 31.2 Å². The van der Waals surface area contributed by atoms with E-state index in [0.717, 1.165) is 13.0 Å². The van der Waals surface area contributed by atoms with Gasteiger partial charge < -0.3 is 10.2 Å². The first-order valence-corrected chi connectivity index (χ1v) is 7.68. The molecule has 3 nitrogen and oxygen atoms in total. The third kappa shape index (κ3) is 6.08. The first-order valence-electron chi connectivity index (χ1n) is 7.68. The Bertz CT molecular complexity index is 481. The molecule has 0 atom stereocenters. The molecule has 1 aromatic carbocycles. The molecule has 1 heterocycles. The quantitative estimate of drug-likeness (QED) is 0.645. The average Bonchev–Trinajstić information content (AvgIpc) is 2.51. The first kappa shape index (κ1) is 15.7. The van der Waals surface area contributed by atoms with Gasteiger partial charge in [0.15, 0.2) is 0 Å². The van der Waals surface area contributed by atoms with Crippen LogP contribution in [0.3, 0.4) is 0 Å². The summed E-state index contributed by atoms with van der Waals surface area (Å²) in [6.45, 7) is 4.11. The van der Waals surface area contributed by atoms with E-state index in [1.807, 2.05) is 0 Å². The van der Waals surface area contributed by atoms with E-state index in [0.29, 0.717) is 12.1 Å². The van der Waals surface area contributed by atoms with Gasteiger partial charge in [-0.1, -0.05) is 18.6 Å². The van der Waals surface area contributed by atoms with Gasteiger partial charge in [-0.05, 0) is 62.7 Å². The lowest BCUT2D eigenvalue weighted by atomic mass is 10.1. The van der Waals surface area contributed by atoms with Crippen molar-refractivity contribution in [2.24, 2.45) is 0 Å². The van der Waals surface area contributed by atoms with Gasteiger partial charge >= 0.3 is 0 Å². The van der Waals surface area contributed by atoms with E-state index >= 15 is 0 Å². The van der Waals surface area contributed by atoms with Crippen molar-refractivity contribution in [2.45, 2.75) is 25.7 Å². The van der Waals surface area contributed by atoms with Gasteiger partial charge in [0.25, 0.3) is 0 Å². The zero-order chi connectivity index (χ0) is 14.9. The van der Waals surface area contributed by atoms with Gasteiger partial charge in [0.1, 0.15) is 5.82 Å². The standard InChI is InChI=1S/C17H23FN2O/c18-16-7-4-6-15(14-16)8-9-17(21)19-10-5-13-20-11-2-1-3-12-20/h4,6-9,14H,1-3,5,10-13H2,(H,19,21)/b9-8+. The number of hydrogen-bond acceptors (Lipinski definition) is 2.